The van der Waals surface area contributed by atoms with Crippen molar-refractivity contribution in [2.45, 2.75) is 26.7 Å². The lowest BCUT2D eigenvalue weighted by atomic mass is 10.1. The van der Waals surface area contributed by atoms with E-state index >= 15 is 0 Å². The van der Waals surface area contributed by atoms with E-state index in [1.807, 2.05) is 18.7 Å². The van der Waals surface area contributed by atoms with E-state index in [0.717, 1.165) is 6.42 Å². The predicted molar refractivity (Wildman–Crippen MR) is 84.7 cm³/mol. The minimum Gasteiger partial charge on any atom is -0.507 e. The number of benzene rings is 1. The van der Waals surface area contributed by atoms with Gasteiger partial charge >= 0.3 is 0 Å². The molecule has 0 unspecified atom stereocenters. The first-order chi connectivity index (χ1) is 10.5. The predicted octanol–water partition coefficient (Wildman–Crippen LogP) is 2.11. The summed E-state index contributed by atoms with van der Waals surface area (Å²) in [6.07, 6.45) is 1.32. The quantitative estimate of drug-likeness (QED) is 0.930. The van der Waals surface area contributed by atoms with Gasteiger partial charge in [0, 0.05) is 32.6 Å². The Morgan fingerprint density at radius 2 is 1.73 bits per heavy atom. The molecule has 1 aromatic carbocycles. The summed E-state index contributed by atoms with van der Waals surface area (Å²) >= 11 is 0. The zero-order chi connectivity index (χ0) is 16.1. The highest BCUT2D eigenvalue weighted by molar-refractivity contribution is 5.96. The summed E-state index contributed by atoms with van der Waals surface area (Å²) < 4.78 is 0. The minimum atomic E-state index is -0.170. The van der Waals surface area contributed by atoms with Gasteiger partial charge in [0.2, 0.25) is 5.91 Å². The van der Waals surface area contributed by atoms with Crippen molar-refractivity contribution in [3.63, 3.8) is 0 Å². The van der Waals surface area contributed by atoms with E-state index < -0.39 is 0 Å². The number of hydrogen-bond acceptors (Lipinski definition) is 3. The zero-order valence-corrected chi connectivity index (χ0v) is 13.3. The first kappa shape index (κ1) is 16.3. The lowest BCUT2D eigenvalue weighted by molar-refractivity contribution is -0.131. The van der Waals surface area contributed by atoms with E-state index in [1.165, 1.54) is 6.07 Å². The smallest absolute Gasteiger partial charge is 0.257 e. The third-order valence-corrected chi connectivity index (χ3v) is 3.85. The van der Waals surface area contributed by atoms with Crippen LogP contribution in [-0.2, 0) is 4.79 Å². The highest BCUT2D eigenvalue weighted by atomic mass is 16.3. The van der Waals surface area contributed by atoms with Crippen LogP contribution in [-0.4, -0.2) is 52.9 Å². The summed E-state index contributed by atoms with van der Waals surface area (Å²) in [5, 5.41) is 9.81. The standard InChI is InChI=1S/C17H24N2O3/c1-13(2)12-16(21)18-8-5-9-19(11-10-18)17(22)14-6-3-4-7-15(14)20/h3-4,6-7,13,20H,5,8-12H2,1-2H3. The topological polar surface area (TPSA) is 60.9 Å². The van der Waals surface area contributed by atoms with Gasteiger partial charge in [0.05, 0.1) is 5.56 Å². The van der Waals surface area contributed by atoms with E-state index in [9.17, 15) is 14.7 Å². The maximum Gasteiger partial charge on any atom is 0.257 e. The largest absolute Gasteiger partial charge is 0.507 e. The molecule has 0 atom stereocenters. The fraction of sp³-hybridized carbons (Fsp3) is 0.529. The highest BCUT2D eigenvalue weighted by Crippen LogP contribution is 2.19. The summed E-state index contributed by atoms with van der Waals surface area (Å²) in [6.45, 7) is 6.43. The number of aromatic hydroxyl groups is 1. The summed E-state index contributed by atoms with van der Waals surface area (Å²) in [5.41, 5.74) is 0.324. The third kappa shape index (κ3) is 4.00. The normalized spacial score (nSPS) is 15.8. The van der Waals surface area contributed by atoms with Gasteiger partial charge < -0.3 is 14.9 Å². The molecular formula is C17H24N2O3. The fourth-order valence-electron chi connectivity index (χ4n) is 2.67. The van der Waals surface area contributed by atoms with E-state index in [4.69, 9.17) is 0 Å². The Morgan fingerprint density at radius 3 is 2.41 bits per heavy atom. The Bertz CT molecular complexity index is 542. The van der Waals surface area contributed by atoms with Gasteiger partial charge in [-0.15, -0.1) is 0 Å². The molecule has 2 rings (SSSR count). The van der Waals surface area contributed by atoms with Gasteiger partial charge in [-0.2, -0.15) is 0 Å². The molecule has 0 saturated carbocycles. The van der Waals surface area contributed by atoms with Crippen LogP contribution in [0, 0.1) is 5.92 Å². The van der Waals surface area contributed by atoms with Crippen LogP contribution in [0.2, 0.25) is 0 Å². The molecule has 1 aromatic rings. The maximum atomic E-state index is 12.5. The number of rotatable bonds is 3. The van der Waals surface area contributed by atoms with E-state index in [-0.39, 0.29) is 17.6 Å². The molecule has 1 N–H and O–H groups in total. The number of carbonyl (C=O) groups is 2. The van der Waals surface area contributed by atoms with Crippen molar-refractivity contribution in [1.29, 1.82) is 0 Å². The number of phenols is 1. The summed E-state index contributed by atoms with van der Waals surface area (Å²) in [4.78, 5) is 28.2. The van der Waals surface area contributed by atoms with Crippen molar-refractivity contribution in [3.05, 3.63) is 29.8 Å². The highest BCUT2D eigenvalue weighted by Gasteiger charge is 2.24. The van der Waals surface area contributed by atoms with Crippen LogP contribution >= 0.6 is 0 Å². The second-order valence-electron chi connectivity index (χ2n) is 6.14. The SMILES string of the molecule is CC(C)CC(=O)N1CCCN(C(=O)c2ccccc2O)CC1. The molecule has 5 nitrogen and oxygen atoms in total. The zero-order valence-electron chi connectivity index (χ0n) is 13.3. The van der Waals surface area contributed by atoms with Gasteiger partial charge in [0.15, 0.2) is 0 Å². The molecule has 0 aromatic heterocycles. The van der Waals surface area contributed by atoms with Crippen LogP contribution in [0.4, 0.5) is 0 Å². The summed E-state index contributed by atoms with van der Waals surface area (Å²) in [5.74, 6) is 0.336. The van der Waals surface area contributed by atoms with Crippen molar-refractivity contribution < 1.29 is 14.7 Å². The Kier molecular flexibility index (Phi) is 5.41. The Balaban J connectivity index is 2.00. The average molecular weight is 304 g/mol. The van der Waals surface area contributed by atoms with Gasteiger partial charge in [-0.1, -0.05) is 26.0 Å². The van der Waals surface area contributed by atoms with Crippen molar-refractivity contribution in [2.75, 3.05) is 26.2 Å². The summed E-state index contributed by atoms with van der Waals surface area (Å²) in [7, 11) is 0. The monoisotopic (exact) mass is 304 g/mol. The van der Waals surface area contributed by atoms with Crippen molar-refractivity contribution in [3.8, 4) is 5.75 Å². The molecule has 1 heterocycles. The van der Waals surface area contributed by atoms with Gasteiger partial charge in [-0.05, 0) is 24.5 Å². The third-order valence-electron chi connectivity index (χ3n) is 3.85. The molecule has 1 aliphatic heterocycles. The van der Waals surface area contributed by atoms with Crippen LogP contribution in [0.1, 0.15) is 37.0 Å². The number of nitrogens with zero attached hydrogens (tertiary/aromatic N) is 2. The molecule has 0 aliphatic carbocycles. The van der Waals surface area contributed by atoms with E-state index in [2.05, 4.69) is 0 Å². The van der Waals surface area contributed by atoms with Crippen molar-refractivity contribution in [1.82, 2.24) is 9.80 Å². The molecule has 0 spiro atoms. The van der Waals surface area contributed by atoms with Gasteiger partial charge in [-0.3, -0.25) is 9.59 Å². The maximum absolute atomic E-state index is 12.5. The lowest BCUT2D eigenvalue weighted by Gasteiger charge is -2.23. The van der Waals surface area contributed by atoms with Crippen LogP contribution in [0.3, 0.4) is 0 Å². The fourth-order valence-corrected chi connectivity index (χ4v) is 2.67. The lowest BCUT2D eigenvalue weighted by Crippen LogP contribution is -2.37. The number of para-hydroxylation sites is 1. The van der Waals surface area contributed by atoms with Crippen molar-refractivity contribution in [2.24, 2.45) is 5.92 Å². The second kappa shape index (κ2) is 7.29. The second-order valence-corrected chi connectivity index (χ2v) is 6.14. The first-order valence-corrected chi connectivity index (χ1v) is 7.84. The molecule has 1 saturated heterocycles. The number of carbonyl (C=O) groups excluding carboxylic acids is 2. The number of phenolic OH excluding ortho intramolecular Hbond substituents is 1. The Labute approximate surface area is 131 Å². The molecule has 2 amide bonds. The molecule has 22 heavy (non-hydrogen) atoms. The van der Waals surface area contributed by atoms with Crippen molar-refractivity contribution >= 4 is 11.8 Å². The van der Waals surface area contributed by atoms with Crippen LogP contribution in [0.25, 0.3) is 0 Å². The molecule has 5 heteroatoms. The van der Waals surface area contributed by atoms with E-state index in [0.29, 0.717) is 44.1 Å². The van der Waals surface area contributed by atoms with Crippen LogP contribution < -0.4 is 0 Å². The van der Waals surface area contributed by atoms with Gasteiger partial charge in [-0.25, -0.2) is 0 Å². The molecule has 1 aliphatic rings. The van der Waals surface area contributed by atoms with E-state index in [1.54, 1.807) is 23.1 Å². The average Bonchev–Trinajstić information content (AvgIpc) is 2.72. The molecular weight excluding hydrogens is 280 g/mol. The molecule has 120 valence electrons. The summed E-state index contributed by atoms with van der Waals surface area (Å²) in [6, 6.07) is 6.58. The molecule has 0 bridgehead atoms. The number of hydrogen-bond donors (Lipinski definition) is 1. The molecule has 1 fully saturated rings. The number of amides is 2. The first-order valence-electron chi connectivity index (χ1n) is 7.84. The van der Waals surface area contributed by atoms with Gasteiger partial charge in [0.1, 0.15) is 5.75 Å². The Hall–Kier alpha value is -2.04. The van der Waals surface area contributed by atoms with Crippen LogP contribution in [0.15, 0.2) is 24.3 Å². The van der Waals surface area contributed by atoms with Crippen LogP contribution in [0.5, 0.6) is 5.75 Å². The molecule has 0 radical (unpaired) electrons. The Morgan fingerprint density at radius 1 is 1.09 bits per heavy atom. The minimum absolute atomic E-state index is 0.00415. The van der Waals surface area contributed by atoms with Gasteiger partial charge in [0.25, 0.3) is 5.91 Å².